The first kappa shape index (κ1) is 57.4. The standard InChI is InChI=1S/C43H103N15/c1-52(24-10-34-57(40-12-36-53(26-2-16-44)27-3-17-45)41-13-37-54(28-4-18-46)29-5-19-47)25-11-35-58(42-14-38-55(30-6-20-48)31-7-21-49)43-15-39-56(32-8-22-50)33-9-23-51/h2-51H2,1H3. The largest absolute Gasteiger partial charge is 0.330 e. The van der Waals surface area contributed by atoms with Crippen molar-refractivity contribution >= 4 is 0 Å². The lowest BCUT2D eigenvalue weighted by Gasteiger charge is -2.29. The molecule has 0 fully saturated rings. The van der Waals surface area contributed by atoms with Crippen molar-refractivity contribution in [2.24, 2.45) is 45.9 Å². The Bertz CT molecular complexity index is 655. The van der Waals surface area contributed by atoms with Gasteiger partial charge in [0.25, 0.3) is 0 Å². The molecule has 350 valence electrons. The van der Waals surface area contributed by atoms with E-state index < -0.39 is 0 Å². The van der Waals surface area contributed by atoms with Crippen molar-refractivity contribution in [3.05, 3.63) is 0 Å². The molecule has 0 saturated carbocycles. The number of nitrogens with zero attached hydrogens (tertiary/aromatic N) is 7. The average molecular weight is 830 g/mol. The molecule has 0 unspecified atom stereocenters. The summed E-state index contributed by atoms with van der Waals surface area (Å²) in [6.45, 7) is 28.1. The van der Waals surface area contributed by atoms with Crippen LogP contribution in [0.5, 0.6) is 0 Å². The highest BCUT2D eigenvalue weighted by Gasteiger charge is 2.13. The van der Waals surface area contributed by atoms with Gasteiger partial charge in [-0.25, -0.2) is 0 Å². The van der Waals surface area contributed by atoms with Crippen LogP contribution in [-0.2, 0) is 0 Å². The Morgan fingerprint density at radius 2 is 0.310 bits per heavy atom. The summed E-state index contributed by atoms with van der Waals surface area (Å²) >= 11 is 0. The van der Waals surface area contributed by atoms with E-state index in [1.807, 2.05) is 0 Å². The molecule has 0 aliphatic rings. The second-order valence-corrected chi connectivity index (χ2v) is 16.6. The van der Waals surface area contributed by atoms with Gasteiger partial charge in [-0.3, -0.25) is 0 Å². The minimum absolute atomic E-state index is 0.746. The maximum absolute atomic E-state index is 5.86. The van der Waals surface area contributed by atoms with Crippen LogP contribution in [0.15, 0.2) is 0 Å². The molecule has 0 aromatic carbocycles. The van der Waals surface area contributed by atoms with Gasteiger partial charge >= 0.3 is 0 Å². The highest BCUT2D eigenvalue weighted by Crippen LogP contribution is 2.07. The Hall–Kier alpha value is -0.600. The van der Waals surface area contributed by atoms with Crippen LogP contribution in [0.2, 0.25) is 0 Å². The van der Waals surface area contributed by atoms with Crippen molar-refractivity contribution in [1.29, 1.82) is 0 Å². The third kappa shape index (κ3) is 36.1. The van der Waals surface area contributed by atoms with Gasteiger partial charge in [0.2, 0.25) is 0 Å². The SMILES string of the molecule is CN(CCCN(CCCN(CCCN)CCCN)CCCN(CCCN)CCCN)CCCN(CCCN(CCCN)CCCN)CCCN(CCCN)CCCN. The summed E-state index contributed by atoms with van der Waals surface area (Å²) in [6.07, 6.45) is 15.5. The van der Waals surface area contributed by atoms with Gasteiger partial charge in [0, 0.05) is 0 Å². The molecule has 0 bridgehead atoms. The quantitative estimate of drug-likeness (QED) is 0.0399. The molecule has 0 rings (SSSR count). The summed E-state index contributed by atoms with van der Waals surface area (Å²) in [5, 5.41) is 0. The van der Waals surface area contributed by atoms with Crippen LogP contribution >= 0.6 is 0 Å². The van der Waals surface area contributed by atoms with Crippen LogP contribution in [0.3, 0.4) is 0 Å². The summed E-state index contributed by atoms with van der Waals surface area (Å²) in [7, 11) is 2.31. The van der Waals surface area contributed by atoms with E-state index in [9.17, 15) is 0 Å². The minimum Gasteiger partial charge on any atom is -0.330 e. The number of hydrogen-bond acceptors (Lipinski definition) is 15. The highest BCUT2D eigenvalue weighted by atomic mass is 15.2. The van der Waals surface area contributed by atoms with E-state index in [-0.39, 0.29) is 0 Å². The van der Waals surface area contributed by atoms with E-state index in [4.69, 9.17) is 45.9 Å². The first-order chi connectivity index (χ1) is 28.4. The van der Waals surface area contributed by atoms with Crippen molar-refractivity contribution < 1.29 is 0 Å². The Morgan fingerprint density at radius 1 is 0.190 bits per heavy atom. The van der Waals surface area contributed by atoms with Crippen LogP contribution in [0.25, 0.3) is 0 Å². The lowest BCUT2D eigenvalue weighted by atomic mass is 10.2. The average Bonchev–Trinajstić information content (AvgIpc) is 3.23. The van der Waals surface area contributed by atoms with Crippen molar-refractivity contribution in [3.63, 3.8) is 0 Å². The Kier molecular flexibility index (Phi) is 44.0. The highest BCUT2D eigenvalue weighted by molar-refractivity contribution is 4.70. The van der Waals surface area contributed by atoms with Gasteiger partial charge in [-0.05, 0) is 280 Å². The molecule has 0 aromatic rings. The molecule has 0 saturated heterocycles. The fourth-order valence-corrected chi connectivity index (χ4v) is 7.84. The van der Waals surface area contributed by atoms with Crippen LogP contribution in [0.1, 0.15) is 89.9 Å². The van der Waals surface area contributed by atoms with E-state index in [2.05, 4.69) is 41.3 Å². The van der Waals surface area contributed by atoms with Crippen molar-refractivity contribution in [2.75, 3.05) is 190 Å². The lowest BCUT2D eigenvalue weighted by molar-refractivity contribution is 0.189. The number of hydrogen-bond donors (Lipinski definition) is 8. The maximum atomic E-state index is 5.86. The summed E-state index contributed by atoms with van der Waals surface area (Å²) in [6, 6.07) is 0. The normalized spacial score (nSPS) is 12.4. The van der Waals surface area contributed by atoms with Gasteiger partial charge in [-0.2, -0.15) is 0 Å². The summed E-state index contributed by atoms with van der Waals surface area (Å²) in [5.74, 6) is 0. The molecule has 0 aromatic heterocycles. The topological polar surface area (TPSA) is 231 Å². The molecule has 15 nitrogen and oxygen atoms in total. The molecule has 0 amide bonds. The van der Waals surface area contributed by atoms with E-state index >= 15 is 0 Å². The Labute approximate surface area is 359 Å². The number of rotatable bonds is 48. The second-order valence-electron chi connectivity index (χ2n) is 16.6. The monoisotopic (exact) mass is 830 g/mol. The van der Waals surface area contributed by atoms with Crippen LogP contribution in [0.4, 0.5) is 0 Å². The zero-order valence-corrected chi connectivity index (χ0v) is 38.4. The zero-order chi connectivity index (χ0) is 42.7. The lowest BCUT2D eigenvalue weighted by Crippen LogP contribution is -2.37. The molecule has 0 spiro atoms. The van der Waals surface area contributed by atoms with E-state index in [1.54, 1.807) is 0 Å². The first-order valence-electron chi connectivity index (χ1n) is 24.0. The molecule has 0 radical (unpaired) electrons. The molecule has 15 heteroatoms. The van der Waals surface area contributed by atoms with Crippen molar-refractivity contribution in [1.82, 2.24) is 34.3 Å². The van der Waals surface area contributed by atoms with Gasteiger partial charge < -0.3 is 80.2 Å². The molecule has 0 atom stereocenters. The molecule has 0 aliphatic heterocycles. The predicted octanol–water partition coefficient (Wildman–Crippen LogP) is -0.139. The summed E-state index contributed by atoms with van der Waals surface area (Å²) < 4.78 is 0. The fraction of sp³-hybridized carbons (Fsp3) is 1.00. The third-order valence-electron chi connectivity index (χ3n) is 11.3. The second kappa shape index (κ2) is 44.5. The van der Waals surface area contributed by atoms with Crippen molar-refractivity contribution in [3.8, 4) is 0 Å². The summed E-state index contributed by atoms with van der Waals surface area (Å²) in [5.41, 5.74) is 46.9. The molecule has 16 N–H and O–H groups in total. The molecule has 58 heavy (non-hydrogen) atoms. The maximum Gasteiger partial charge on any atom is -0.000653 e. The Morgan fingerprint density at radius 3 is 0.448 bits per heavy atom. The van der Waals surface area contributed by atoms with Crippen LogP contribution in [0, 0.1) is 0 Å². The van der Waals surface area contributed by atoms with E-state index in [0.29, 0.717) is 0 Å². The van der Waals surface area contributed by atoms with Gasteiger partial charge in [-0.1, -0.05) is 0 Å². The van der Waals surface area contributed by atoms with Gasteiger partial charge in [-0.15, -0.1) is 0 Å². The number of nitrogens with two attached hydrogens (primary N) is 8. The van der Waals surface area contributed by atoms with E-state index in [1.165, 1.54) is 38.5 Å². The fourth-order valence-electron chi connectivity index (χ4n) is 7.84. The Balaban J connectivity index is 5.26. The van der Waals surface area contributed by atoms with E-state index in [0.717, 1.165) is 235 Å². The summed E-state index contributed by atoms with van der Waals surface area (Å²) in [4.78, 5) is 18.3. The van der Waals surface area contributed by atoms with Gasteiger partial charge in [0.05, 0.1) is 0 Å². The van der Waals surface area contributed by atoms with Crippen LogP contribution in [-0.4, -0.2) is 225 Å². The van der Waals surface area contributed by atoms with Gasteiger partial charge in [0.1, 0.15) is 0 Å². The molecule has 0 aliphatic carbocycles. The third-order valence-corrected chi connectivity index (χ3v) is 11.3. The molecular weight excluding hydrogens is 727 g/mol. The van der Waals surface area contributed by atoms with Crippen molar-refractivity contribution in [2.45, 2.75) is 89.9 Å². The molecule has 0 heterocycles. The van der Waals surface area contributed by atoms with Crippen LogP contribution < -0.4 is 45.9 Å². The smallest absolute Gasteiger partial charge is 0.000653 e. The minimum atomic E-state index is 0.746. The first-order valence-corrected chi connectivity index (χ1v) is 24.0. The predicted molar refractivity (Wildman–Crippen MR) is 253 cm³/mol. The zero-order valence-electron chi connectivity index (χ0n) is 38.4. The van der Waals surface area contributed by atoms with Gasteiger partial charge in [0.15, 0.2) is 0 Å². The molecular formula is C43H103N15.